The van der Waals surface area contributed by atoms with Crippen LogP contribution in [-0.2, 0) is 26.2 Å². The minimum Gasteiger partial charge on any atom is -0.352 e. The van der Waals surface area contributed by atoms with E-state index in [2.05, 4.69) is 5.32 Å². The van der Waals surface area contributed by atoms with Gasteiger partial charge >= 0.3 is 0 Å². The fourth-order valence-electron chi connectivity index (χ4n) is 3.91. The van der Waals surface area contributed by atoms with Gasteiger partial charge in [-0.1, -0.05) is 54.4 Å². The van der Waals surface area contributed by atoms with Crippen LogP contribution in [0.25, 0.3) is 0 Å². The lowest BCUT2D eigenvalue weighted by molar-refractivity contribution is -0.141. The smallest absolute Gasteiger partial charge is 0.243 e. The summed E-state index contributed by atoms with van der Waals surface area (Å²) >= 11 is 0. The predicted molar refractivity (Wildman–Crippen MR) is 142 cm³/mol. The summed E-state index contributed by atoms with van der Waals surface area (Å²) in [5.74, 6) is -0.353. The van der Waals surface area contributed by atoms with Crippen molar-refractivity contribution in [1.82, 2.24) is 10.2 Å². The van der Waals surface area contributed by atoms with Crippen molar-refractivity contribution in [2.75, 3.05) is 17.1 Å². The molecule has 0 fully saturated rings. The third-order valence-corrected chi connectivity index (χ3v) is 6.96. The van der Waals surface area contributed by atoms with Crippen LogP contribution in [-0.4, -0.2) is 50.0 Å². The molecule has 2 amide bonds. The number of carbonyl (C=O) groups is 2. The van der Waals surface area contributed by atoms with Crippen LogP contribution >= 0.6 is 0 Å². The summed E-state index contributed by atoms with van der Waals surface area (Å²) in [6, 6.07) is 14.5. The summed E-state index contributed by atoms with van der Waals surface area (Å²) in [6.07, 6.45) is 2.12. The Labute approximate surface area is 210 Å². The van der Waals surface area contributed by atoms with Crippen LogP contribution in [0.4, 0.5) is 5.69 Å². The van der Waals surface area contributed by atoms with Crippen molar-refractivity contribution in [3.63, 3.8) is 0 Å². The van der Waals surface area contributed by atoms with Crippen molar-refractivity contribution in [2.24, 2.45) is 0 Å². The highest BCUT2D eigenvalue weighted by atomic mass is 32.2. The Morgan fingerprint density at radius 1 is 0.943 bits per heavy atom. The highest BCUT2D eigenvalue weighted by Crippen LogP contribution is 2.20. The number of amides is 2. The first-order valence-corrected chi connectivity index (χ1v) is 14.0. The van der Waals surface area contributed by atoms with Crippen molar-refractivity contribution < 1.29 is 18.0 Å². The number of rotatable bonds is 12. The van der Waals surface area contributed by atoms with Crippen molar-refractivity contribution in [3.05, 3.63) is 65.2 Å². The molecule has 2 rings (SSSR count). The van der Waals surface area contributed by atoms with Crippen LogP contribution in [0.5, 0.6) is 0 Å². The second-order valence-corrected chi connectivity index (χ2v) is 11.3. The fraction of sp³-hybridized carbons (Fsp3) is 0.481. The van der Waals surface area contributed by atoms with Gasteiger partial charge in [-0.05, 0) is 58.2 Å². The lowest BCUT2D eigenvalue weighted by Crippen LogP contribution is -2.50. The van der Waals surface area contributed by atoms with E-state index < -0.39 is 16.1 Å². The number of hydrogen-bond donors (Lipinski definition) is 1. The van der Waals surface area contributed by atoms with Gasteiger partial charge in [-0.3, -0.25) is 13.9 Å². The number of aryl methyl sites for hydroxylation is 2. The largest absolute Gasteiger partial charge is 0.352 e. The Bertz CT molecular complexity index is 1080. The SMILES string of the molecule is CC[C@@H](C(=O)NC(C)C)N(Cc1ccc(C)cc1)C(=O)CCCN(c1ccc(C)cc1)S(C)(=O)=O. The molecule has 0 aliphatic carbocycles. The number of sulfonamides is 1. The second kappa shape index (κ2) is 12.7. The van der Waals surface area contributed by atoms with Gasteiger partial charge in [0.25, 0.3) is 0 Å². The maximum absolute atomic E-state index is 13.4. The van der Waals surface area contributed by atoms with E-state index in [1.165, 1.54) is 10.6 Å². The molecule has 0 saturated carbocycles. The third kappa shape index (κ3) is 8.69. The van der Waals surface area contributed by atoms with Gasteiger partial charge in [0.15, 0.2) is 0 Å². The summed E-state index contributed by atoms with van der Waals surface area (Å²) in [7, 11) is -3.51. The van der Waals surface area contributed by atoms with Gasteiger partial charge in [-0.25, -0.2) is 8.42 Å². The zero-order valence-corrected chi connectivity index (χ0v) is 22.6. The zero-order chi connectivity index (χ0) is 26.2. The summed E-state index contributed by atoms with van der Waals surface area (Å²) in [5.41, 5.74) is 3.67. The third-order valence-electron chi connectivity index (χ3n) is 5.76. The molecule has 2 aromatic carbocycles. The molecule has 0 heterocycles. The van der Waals surface area contributed by atoms with E-state index in [9.17, 15) is 18.0 Å². The zero-order valence-electron chi connectivity index (χ0n) is 21.7. The van der Waals surface area contributed by atoms with Gasteiger partial charge in [0.1, 0.15) is 6.04 Å². The molecule has 8 heteroatoms. The molecule has 0 saturated heterocycles. The average Bonchev–Trinajstić information content (AvgIpc) is 2.77. The topological polar surface area (TPSA) is 86.8 Å². The van der Waals surface area contributed by atoms with Crippen molar-refractivity contribution in [1.29, 1.82) is 0 Å². The average molecular weight is 502 g/mol. The van der Waals surface area contributed by atoms with E-state index in [0.717, 1.165) is 16.7 Å². The molecule has 35 heavy (non-hydrogen) atoms. The summed E-state index contributed by atoms with van der Waals surface area (Å²) in [6.45, 7) is 10.1. The molecule has 0 unspecified atom stereocenters. The Morgan fingerprint density at radius 2 is 1.49 bits per heavy atom. The molecule has 0 radical (unpaired) electrons. The van der Waals surface area contributed by atoms with Crippen LogP contribution in [0.1, 0.15) is 56.7 Å². The van der Waals surface area contributed by atoms with Gasteiger partial charge in [0.2, 0.25) is 21.8 Å². The van der Waals surface area contributed by atoms with Gasteiger partial charge in [0.05, 0.1) is 11.9 Å². The number of hydrogen-bond acceptors (Lipinski definition) is 4. The van der Waals surface area contributed by atoms with E-state index in [1.807, 2.05) is 71.0 Å². The molecule has 0 aliphatic rings. The minimum absolute atomic E-state index is 0.0364. The molecular weight excluding hydrogens is 462 g/mol. The highest BCUT2D eigenvalue weighted by Gasteiger charge is 2.29. The number of anilines is 1. The summed E-state index contributed by atoms with van der Waals surface area (Å²) in [5, 5.41) is 2.92. The Balaban J connectivity index is 2.20. The molecular formula is C27H39N3O4S. The highest BCUT2D eigenvalue weighted by molar-refractivity contribution is 7.92. The van der Waals surface area contributed by atoms with Crippen molar-refractivity contribution in [2.45, 2.75) is 72.5 Å². The van der Waals surface area contributed by atoms with Gasteiger partial charge < -0.3 is 10.2 Å². The first-order valence-electron chi connectivity index (χ1n) is 12.1. The minimum atomic E-state index is -3.51. The van der Waals surface area contributed by atoms with Gasteiger partial charge in [-0.2, -0.15) is 0 Å². The molecule has 0 aliphatic heterocycles. The number of benzene rings is 2. The molecule has 1 N–H and O–H groups in total. The van der Waals surface area contributed by atoms with Crippen LogP contribution in [0.15, 0.2) is 48.5 Å². The standard InChI is InChI=1S/C27H39N3O4S/c1-7-25(27(32)28-20(2)3)29(19-23-14-10-21(4)11-15-23)26(31)9-8-18-30(35(6,33)34)24-16-12-22(5)13-17-24/h10-17,20,25H,7-9,18-19H2,1-6H3,(H,28,32)/t25-/m0/s1. The van der Waals surface area contributed by atoms with E-state index in [1.54, 1.807) is 17.0 Å². The lowest BCUT2D eigenvalue weighted by Gasteiger charge is -2.31. The molecule has 0 spiro atoms. The molecule has 1 atom stereocenters. The van der Waals surface area contributed by atoms with Crippen LogP contribution in [0.3, 0.4) is 0 Å². The van der Waals surface area contributed by atoms with E-state index in [0.29, 0.717) is 25.1 Å². The van der Waals surface area contributed by atoms with Gasteiger partial charge in [-0.15, -0.1) is 0 Å². The molecule has 7 nitrogen and oxygen atoms in total. The van der Waals surface area contributed by atoms with Crippen LogP contribution < -0.4 is 9.62 Å². The number of nitrogens with zero attached hydrogens (tertiary/aromatic N) is 2. The first-order chi connectivity index (χ1) is 16.4. The maximum Gasteiger partial charge on any atom is 0.243 e. The molecule has 192 valence electrons. The Morgan fingerprint density at radius 3 is 1.97 bits per heavy atom. The molecule has 0 bridgehead atoms. The van der Waals surface area contributed by atoms with E-state index in [-0.39, 0.29) is 30.8 Å². The normalized spacial score (nSPS) is 12.3. The predicted octanol–water partition coefficient (Wildman–Crippen LogP) is 4.18. The van der Waals surface area contributed by atoms with Crippen LogP contribution in [0, 0.1) is 13.8 Å². The van der Waals surface area contributed by atoms with E-state index >= 15 is 0 Å². The lowest BCUT2D eigenvalue weighted by atomic mass is 10.1. The molecule has 2 aromatic rings. The Hall–Kier alpha value is -2.87. The van der Waals surface area contributed by atoms with Crippen molar-refractivity contribution in [3.8, 4) is 0 Å². The maximum atomic E-state index is 13.4. The van der Waals surface area contributed by atoms with Crippen molar-refractivity contribution >= 4 is 27.5 Å². The summed E-state index contributed by atoms with van der Waals surface area (Å²) < 4.78 is 26.2. The quantitative estimate of drug-likeness (QED) is 0.473. The van der Waals surface area contributed by atoms with Gasteiger partial charge in [0, 0.05) is 25.6 Å². The molecule has 0 aromatic heterocycles. The Kier molecular flexibility index (Phi) is 10.3. The first kappa shape index (κ1) is 28.4. The van der Waals surface area contributed by atoms with Crippen LogP contribution in [0.2, 0.25) is 0 Å². The number of nitrogens with one attached hydrogen (secondary N) is 1. The second-order valence-electron chi connectivity index (χ2n) is 9.37. The monoisotopic (exact) mass is 501 g/mol. The summed E-state index contributed by atoms with van der Waals surface area (Å²) in [4.78, 5) is 27.9. The number of carbonyl (C=O) groups excluding carboxylic acids is 2. The fourth-order valence-corrected chi connectivity index (χ4v) is 4.87. The van der Waals surface area contributed by atoms with E-state index in [4.69, 9.17) is 0 Å².